The number of piperazine rings is 1. The second-order valence-corrected chi connectivity index (χ2v) is 7.29. The average molecular weight is 393 g/mol. The molecule has 0 saturated carbocycles. The molecule has 1 aliphatic heterocycles. The van der Waals surface area contributed by atoms with Gasteiger partial charge in [0.2, 0.25) is 5.91 Å². The maximum Gasteiger partial charge on any atom is 0.227 e. The first-order chi connectivity index (χ1) is 12.5. The van der Waals surface area contributed by atoms with Crippen molar-refractivity contribution in [3.63, 3.8) is 0 Å². The Bertz CT molecular complexity index is 785. The van der Waals surface area contributed by atoms with Gasteiger partial charge in [-0.25, -0.2) is 0 Å². The van der Waals surface area contributed by atoms with Crippen LogP contribution in [0.2, 0.25) is 10.0 Å². The predicted molar refractivity (Wildman–Crippen MR) is 107 cm³/mol. The van der Waals surface area contributed by atoms with Crippen molar-refractivity contribution in [3.05, 3.63) is 57.6 Å². The molecule has 2 aromatic rings. The highest BCUT2D eigenvalue weighted by molar-refractivity contribution is 6.31. The van der Waals surface area contributed by atoms with E-state index in [1.807, 2.05) is 48.2 Å². The molecule has 26 heavy (non-hydrogen) atoms. The number of carbonyl (C=O) groups is 1. The van der Waals surface area contributed by atoms with Crippen molar-refractivity contribution in [2.75, 3.05) is 38.2 Å². The summed E-state index contributed by atoms with van der Waals surface area (Å²) in [6, 6.07) is 11.3. The zero-order valence-corrected chi connectivity index (χ0v) is 16.5. The van der Waals surface area contributed by atoms with Gasteiger partial charge >= 0.3 is 0 Å². The Labute approximate surface area is 164 Å². The standard InChI is InChI=1S/C20H22Cl2N2O2/c1-14-11-18(19(26-2)13-17(14)22)23-7-9-24(10-8-23)20(25)12-15-3-5-16(21)6-4-15/h3-6,11,13H,7-10,12H2,1-2H3. The van der Waals surface area contributed by atoms with Gasteiger partial charge in [-0.2, -0.15) is 0 Å². The van der Waals surface area contributed by atoms with Gasteiger partial charge in [-0.3, -0.25) is 4.79 Å². The topological polar surface area (TPSA) is 32.8 Å². The normalized spacial score (nSPS) is 14.5. The van der Waals surface area contributed by atoms with Crippen LogP contribution >= 0.6 is 23.2 Å². The first kappa shape index (κ1) is 18.9. The number of nitrogens with zero attached hydrogens (tertiary/aromatic N) is 2. The lowest BCUT2D eigenvalue weighted by atomic mass is 10.1. The summed E-state index contributed by atoms with van der Waals surface area (Å²) in [6.07, 6.45) is 0.403. The van der Waals surface area contributed by atoms with E-state index < -0.39 is 0 Å². The van der Waals surface area contributed by atoms with Crippen molar-refractivity contribution in [3.8, 4) is 5.75 Å². The van der Waals surface area contributed by atoms with Crippen molar-refractivity contribution < 1.29 is 9.53 Å². The van der Waals surface area contributed by atoms with E-state index in [1.165, 1.54) is 0 Å². The van der Waals surface area contributed by atoms with Crippen LogP contribution in [-0.4, -0.2) is 44.1 Å². The fraction of sp³-hybridized carbons (Fsp3) is 0.350. The molecule has 1 saturated heterocycles. The Hall–Kier alpha value is -1.91. The lowest BCUT2D eigenvalue weighted by molar-refractivity contribution is -0.130. The summed E-state index contributed by atoms with van der Waals surface area (Å²) in [4.78, 5) is 16.7. The Morgan fingerprint density at radius 1 is 1.08 bits per heavy atom. The van der Waals surface area contributed by atoms with Crippen molar-refractivity contribution in [2.45, 2.75) is 13.3 Å². The van der Waals surface area contributed by atoms with Crippen LogP contribution in [0.1, 0.15) is 11.1 Å². The summed E-state index contributed by atoms with van der Waals surface area (Å²) in [5.74, 6) is 0.910. The number of anilines is 1. The lowest BCUT2D eigenvalue weighted by Gasteiger charge is -2.37. The summed E-state index contributed by atoms with van der Waals surface area (Å²) >= 11 is 12.1. The number of halogens is 2. The Morgan fingerprint density at radius 3 is 2.35 bits per heavy atom. The van der Waals surface area contributed by atoms with E-state index in [-0.39, 0.29) is 5.91 Å². The van der Waals surface area contributed by atoms with Gasteiger partial charge in [0.15, 0.2) is 0 Å². The van der Waals surface area contributed by atoms with Crippen LogP contribution in [0, 0.1) is 6.92 Å². The molecular formula is C20H22Cl2N2O2. The minimum absolute atomic E-state index is 0.145. The summed E-state index contributed by atoms with van der Waals surface area (Å²) in [5.41, 5.74) is 3.03. The minimum Gasteiger partial charge on any atom is -0.495 e. The maximum atomic E-state index is 12.5. The number of amides is 1. The zero-order chi connectivity index (χ0) is 18.7. The molecule has 0 aliphatic carbocycles. The molecule has 6 heteroatoms. The first-order valence-corrected chi connectivity index (χ1v) is 9.35. The molecule has 1 heterocycles. The summed E-state index contributed by atoms with van der Waals surface area (Å²) in [5, 5.41) is 1.38. The smallest absolute Gasteiger partial charge is 0.227 e. The molecule has 0 N–H and O–H groups in total. The van der Waals surface area contributed by atoms with Gasteiger partial charge in [0.1, 0.15) is 5.75 Å². The minimum atomic E-state index is 0.145. The number of hydrogen-bond acceptors (Lipinski definition) is 3. The number of ether oxygens (including phenoxy) is 1. The number of benzene rings is 2. The molecule has 0 bridgehead atoms. The Kier molecular flexibility index (Phi) is 5.94. The predicted octanol–water partition coefficient (Wildman–Crippen LogP) is 4.20. The Morgan fingerprint density at radius 2 is 1.73 bits per heavy atom. The third-order valence-electron chi connectivity index (χ3n) is 4.70. The van der Waals surface area contributed by atoms with Gasteiger partial charge in [-0.15, -0.1) is 0 Å². The molecule has 2 aromatic carbocycles. The van der Waals surface area contributed by atoms with Gasteiger partial charge in [0, 0.05) is 42.3 Å². The molecule has 1 aliphatic rings. The molecule has 0 unspecified atom stereocenters. The third-order valence-corrected chi connectivity index (χ3v) is 5.36. The fourth-order valence-electron chi connectivity index (χ4n) is 3.14. The van der Waals surface area contributed by atoms with Crippen LogP contribution in [0.3, 0.4) is 0 Å². The lowest BCUT2D eigenvalue weighted by Crippen LogP contribution is -2.49. The second-order valence-electron chi connectivity index (χ2n) is 6.44. The monoisotopic (exact) mass is 392 g/mol. The van der Waals surface area contributed by atoms with E-state index in [9.17, 15) is 4.79 Å². The quantitative estimate of drug-likeness (QED) is 0.781. The van der Waals surface area contributed by atoms with Crippen LogP contribution in [0.15, 0.2) is 36.4 Å². The van der Waals surface area contributed by atoms with E-state index in [4.69, 9.17) is 27.9 Å². The number of aryl methyl sites for hydroxylation is 1. The number of hydrogen-bond donors (Lipinski definition) is 0. The molecule has 3 rings (SSSR count). The van der Waals surface area contributed by atoms with Crippen molar-refractivity contribution in [1.82, 2.24) is 4.90 Å². The van der Waals surface area contributed by atoms with E-state index in [2.05, 4.69) is 4.90 Å². The molecule has 1 fully saturated rings. The molecule has 0 spiro atoms. The fourth-order valence-corrected chi connectivity index (χ4v) is 3.42. The third kappa shape index (κ3) is 4.25. The largest absolute Gasteiger partial charge is 0.495 e. The summed E-state index contributed by atoms with van der Waals surface area (Å²) in [6.45, 7) is 4.90. The van der Waals surface area contributed by atoms with Crippen LogP contribution in [-0.2, 0) is 11.2 Å². The number of methoxy groups -OCH3 is 1. The Balaban J connectivity index is 1.63. The molecule has 1 amide bonds. The highest BCUT2D eigenvalue weighted by Crippen LogP contribution is 2.34. The van der Waals surface area contributed by atoms with Gasteiger partial charge in [0.25, 0.3) is 0 Å². The average Bonchev–Trinajstić information content (AvgIpc) is 2.65. The number of carbonyl (C=O) groups excluding carboxylic acids is 1. The molecule has 0 aromatic heterocycles. The molecule has 4 nitrogen and oxygen atoms in total. The van der Waals surface area contributed by atoms with Crippen LogP contribution < -0.4 is 9.64 Å². The second kappa shape index (κ2) is 8.19. The summed E-state index contributed by atoms with van der Waals surface area (Å²) < 4.78 is 5.48. The van der Waals surface area contributed by atoms with Crippen molar-refractivity contribution in [1.29, 1.82) is 0 Å². The molecule has 0 radical (unpaired) electrons. The van der Waals surface area contributed by atoms with E-state index >= 15 is 0 Å². The van der Waals surface area contributed by atoms with Gasteiger partial charge in [-0.05, 0) is 36.2 Å². The molecular weight excluding hydrogens is 371 g/mol. The van der Waals surface area contributed by atoms with Gasteiger partial charge in [0.05, 0.1) is 19.2 Å². The van der Waals surface area contributed by atoms with E-state index in [1.54, 1.807) is 7.11 Å². The van der Waals surface area contributed by atoms with Gasteiger partial charge in [-0.1, -0.05) is 35.3 Å². The van der Waals surface area contributed by atoms with Gasteiger partial charge < -0.3 is 14.5 Å². The maximum absolute atomic E-state index is 12.5. The SMILES string of the molecule is COc1cc(Cl)c(C)cc1N1CCN(C(=O)Cc2ccc(Cl)cc2)CC1. The highest BCUT2D eigenvalue weighted by atomic mass is 35.5. The van der Waals surface area contributed by atoms with Crippen LogP contribution in [0.5, 0.6) is 5.75 Å². The highest BCUT2D eigenvalue weighted by Gasteiger charge is 2.23. The van der Waals surface area contributed by atoms with Crippen molar-refractivity contribution >= 4 is 34.8 Å². The van der Waals surface area contributed by atoms with E-state index in [0.29, 0.717) is 29.6 Å². The number of rotatable bonds is 4. The summed E-state index contributed by atoms with van der Waals surface area (Å²) in [7, 11) is 1.65. The molecule has 138 valence electrons. The zero-order valence-electron chi connectivity index (χ0n) is 15.0. The first-order valence-electron chi connectivity index (χ1n) is 8.59. The van der Waals surface area contributed by atoms with Crippen LogP contribution in [0.4, 0.5) is 5.69 Å². The van der Waals surface area contributed by atoms with Crippen LogP contribution in [0.25, 0.3) is 0 Å². The molecule has 0 atom stereocenters. The van der Waals surface area contributed by atoms with Crippen molar-refractivity contribution in [2.24, 2.45) is 0 Å². The van der Waals surface area contributed by atoms with E-state index in [0.717, 1.165) is 35.7 Å².